The minimum atomic E-state index is -1.81. The summed E-state index contributed by atoms with van der Waals surface area (Å²) in [5, 5.41) is 5.95. The van der Waals surface area contributed by atoms with Gasteiger partial charge in [0.25, 0.3) is 0 Å². The number of ether oxygens (including phenoxy) is 2. The topological polar surface area (TPSA) is 125 Å². The van der Waals surface area contributed by atoms with Crippen LogP contribution in [0, 0.1) is 5.92 Å². The Morgan fingerprint density at radius 3 is 2.76 bits per heavy atom. The molecule has 12 nitrogen and oxygen atoms in total. The standard InChI is InChI=1S/C28H35Cl3N7O5PS/c1-6-7-22(30)23(31)14-40-28(39)18(3)35-44(43-20-10-8-19(29)9-11-20)41-13-21-12-17(2)27(42-21)38-16-34-24-25(37(4)36-45-5)32-15-33-26(24)38/h6-11,15-18,21,27,35-36H,12-14H2,1-5H3/b7-6-,23-22+. The van der Waals surface area contributed by atoms with Crippen molar-refractivity contribution in [1.82, 2.24) is 29.4 Å². The molecule has 2 aromatic heterocycles. The summed E-state index contributed by atoms with van der Waals surface area (Å²) in [6.45, 7) is 5.59. The lowest BCUT2D eigenvalue weighted by atomic mass is 10.1. The van der Waals surface area contributed by atoms with E-state index in [-0.39, 0.29) is 36.5 Å². The second-order valence-corrected chi connectivity index (χ2v) is 13.2. The Bertz CT molecular complexity index is 1500. The van der Waals surface area contributed by atoms with E-state index in [4.69, 9.17) is 53.3 Å². The van der Waals surface area contributed by atoms with Crippen LogP contribution in [0.5, 0.6) is 5.75 Å². The second kappa shape index (κ2) is 17.1. The Balaban J connectivity index is 1.42. The third-order valence-corrected chi connectivity index (χ3v) is 9.39. The summed E-state index contributed by atoms with van der Waals surface area (Å²) in [4.78, 5) is 29.3. The Kier molecular flexibility index (Phi) is 13.6. The Morgan fingerprint density at radius 2 is 2.04 bits per heavy atom. The maximum absolute atomic E-state index is 12.8. The predicted molar refractivity (Wildman–Crippen MR) is 180 cm³/mol. The van der Waals surface area contributed by atoms with Gasteiger partial charge in [0.1, 0.15) is 31.0 Å². The fraction of sp³-hybridized carbons (Fsp3) is 0.429. The second-order valence-electron chi connectivity index (χ2n) is 10.0. The van der Waals surface area contributed by atoms with Gasteiger partial charge in [0.15, 0.2) is 17.0 Å². The largest absolute Gasteiger partial charge is 0.459 e. The SMILES string of the molecule is C/C=C\C(Cl)=C(/Cl)COC(=O)C(C)NP(OCC1CC(C)C(n2cnc3c(N(C)NSC)ncnc32)O1)Oc1ccc(Cl)cc1. The number of nitrogens with one attached hydrogen (secondary N) is 2. The van der Waals surface area contributed by atoms with E-state index in [1.165, 1.54) is 18.3 Å². The summed E-state index contributed by atoms with van der Waals surface area (Å²) < 4.78 is 26.0. The molecule has 3 aromatic rings. The van der Waals surface area contributed by atoms with E-state index in [1.54, 1.807) is 61.6 Å². The molecule has 0 radical (unpaired) electrons. The molecule has 2 N–H and O–H groups in total. The van der Waals surface area contributed by atoms with Crippen LogP contribution in [0.15, 0.2) is 59.1 Å². The van der Waals surface area contributed by atoms with Crippen LogP contribution in [-0.4, -0.2) is 64.2 Å². The molecule has 0 amide bonds. The minimum Gasteiger partial charge on any atom is -0.459 e. The van der Waals surface area contributed by atoms with Gasteiger partial charge in [-0.3, -0.25) is 14.4 Å². The molecule has 1 aromatic carbocycles. The molecule has 244 valence electrons. The molecule has 5 atom stereocenters. The maximum Gasteiger partial charge on any atom is 0.323 e. The minimum absolute atomic E-state index is 0.133. The van der Waals surface area contributed by atoms with Crippen molar-refractivity contribution in [2.45, 2.75) is 45.6 Å². The van der Waals surface area contributed by atoms with Gasteiger partial charge >= 0.3 is 14.5 Å². The average Bonchev–Trinajstić information content (AvgIpc) is 3.62. The highest BCUT2D eigenvalue weighted by Crippen LogP contribution is 2.41. The number of benzene rings is 1. The number of fused-ring (bicyclic) bond motifs is 1. The van der Waals surface area contributed by atoms with Crippen molar-refractivity contribution in [1.29, 1.82) is 0 Å². The quantitative estimate of drug-likeness (QED) is 0.0569. The molecule has 17 heteroatoms. The third kappa shape index (κ3) is 9.66. The zero-order valence-corrected chi connectivity index (χ0v) is 29.3. The van der Waals surface area contributed by atoms with Gasteiger partial charge in [0.05, 0.1) is 29.1 Å². The van der Waals surface area contributed by atoms with Crippen molar-refractivity contribution in [2.75, 3.05) is 31.5 Å². The van der Waals surface area contributed by atoms with Crippen LogP contribution in [0.25, 0.3) is 11.2 Å². The molecule has 0 bridgehead atoms. The summed E-state index contributed by atoms with van der Waals surface area (Å²) >= 11 is 19.7. The number of imidazole rings is 1. The number of hydrazine groups is 1. The Labute approximate surface area is 282 Å². The number of hydrogen-bond acceptors (Lipinski definition) is 12. The van der Waals surface area contributed by atoms with Crippen molar-refractivity contribution >= 4 is 78.2 Å². The van der Waals surface area contributed by atoms with E-state index in [1.807, 2.05) is 17.9 Å². The molecule has 1 aliphatic heterocycles. The maximum atomic E-state index is 12.8. The number of carbonyl (C=O) groups excluding carboxylic acids is 1. The number of nitrogens with zero attached hydrogens (tertiary/aromatic N) is 5. The molecule has 45 heavy (non-hydrogen) atoms. The summed E-state index contributed by atoms with van der Waals surface area (Å²) in [6.07, 6.45) is 8.65. The number of allylic oxidation sites excluding steroid dienone is 3. The first-order valence-corrected chi connectivity index (χ1v) is 17.5. The van der Waals surface area contributed by atoms with Crippen LogP contribution in [0.1, 0.15) is 33.4 Å². The lowest BCUT2D eigenvalue weighted by Gasteiger charge is -2.23. The van der Waals surface area contributed by atoms with E-state index in [0.717, 1.165) is 6.42 Å². The van der Waals surface area contributed by atoms with Crippen molar-refractivity contribution in [3.8, 4) is 5.75 Å². The van der Waals surface area contributed by atoms with E-state index < -0.39 is 20.5 Å². The predicted octanol–water partition coefficient (Wildman–Crippen LogP) is 6.73. The van der Waals surface area contributed by atoms with E-state index in [2.05, 4.69) is 31.8 Å². The van der Waals surface area contributed by atoms with Gasteiger partial charge in [-0.1, -0.05) is 59.8 Å². The Morgan fingerprint density at radius 1 is 1.29 bits per heavy atom. The number of hydrogen-bond donors (Lipinski definition) is 2. The molecular weight excluding hydrogens is 684 g/mol. The lowest BCUT2D eigenvalue weighted by Crippen LogP contribution is -2.34. The molecule has 1 fully saturated rings. The summed E-state index contributed by atoms with van der Waals surface area (Å²) in [6, 6.07) is 6.06. The highest BCUT2D eigenvalue weighted by Gasteiger charge is 2.36. The third-order valence-electron chi connectivity index (χ3n) is 6.56. The molecule has 0 saturated carbocycles. The van der Waals surface area contributed by atoms with Crippen molar-refractivity contribution in [2.24, 2.45) is 5.92 Å². The summed E-state index contributed by atoms with van der Waals surface area (Å²) in [5.41, 5.74) is 1.32. The first-order chi connectivity index (χ1) is 21.6. The fourth-order valence-electron chi connectivity index (χ4n) is 4.42. The van der Waals surface area contributed by atoms with Gasteiger partial charge in [-0.15, -0.1) is 0 Å². The zero-order chi connectivity index (χ0) is 32.5. The Hall–Kier alpha value is -2.19. The van der Waals surface area contributed by atoms with Crippen LogP contribution in [0.2, 0.25) is 5.02 Å². The highest BCUT2D eigenvalue weighted by molar-refractivity contribution is 7.96. The summed E-state index contributed by atoms with van der Waals surface area (Å²) in [5.74, 6) is 0.754. The van der Waals surface area contributed by atoms with Crippen molar-refractivity contribution < 1.29 is 23.3 Å². The number of aromatic nitrogens is 4. The molecule has 1 aliphatic rings. The van der Waals surface area contributed by atoms with Crippen LogP contribution < -0.4 is 19.5 Å². The normalized spacial score (nSPS) is 20.3. The van der Waals surface area contributed by atoms with E-state index >= 15 is 0 Å². The average molecular weight is 719 g/mol. The number of anilines is 1. The summed E-state index contributed by atoms with van der Waals surface area (Å²) in [7, 11) is 0.0599. The molecule has 0 aliphatic carbocycles. The molecule has 5 unspecified atom stereocenters. The molecule has 3 heterocycles. The van der Waals surface area contributed by atoms with Crippen LogP contribution in [-0.2, 0) is 18.8 Å². The molecule has 4 rings (SSSR count). The number of carbonyl (C=O) groups is 1. The van der Waals surface area contributed by atoms with Gasteiger partial charge in [-0.2, -0.15) is 4.83 Å². The van der Waals surface area contributed by atoms with E-state index in [0.29, 0.717) is 32.8 Å². The zero-order valence-electron chi connectivity index (χ0n) is 25.3. The van der Waals surface area contributed by atoms with E-state index in [9.17, 15) is 4.79 Å². The van der Waals surface area contributed by atoms with Gasteiger partial charge < -0.3 is 18.5 Å². The number of esters is 1. The van der Waals surface area contributed by atoms with Crippen molar-refractivity contribution in [3.05, 3.63) is 64.2 Å². The number of rotatable bonds is 15. The van der Waals surface area contributed by atoms with Crippen molar-refractivity contribution in [3.63, 3.8) is 0 Å². The monoisotopic (exact) mass is 717 g/mol. The smallest absolute Gasteiger partial charge is 0.323 e. The first kappa shape index (κ1) is 35.7. The molecule has 1 saturated heterocycles. The van der Waals surface area contributed by atoms with Crippen LogP contribution >= 0.6 is 55.3 Å². The van der Waals surface area contributed by atoms with Gasteiger partial charge in [0, 0.05) is 18.0 Å². The first-order valence-electron chi connectivity index (χ1n) is 13.9. The van der Waals surface area contributed by atoms with Gasteiger partial charge in [-0.25, -0.2) is 20.0 Å². The molecule has 0 spiro atoms. The fourth-order valence-corrected chi connectivity index (χ4v) is 6.43. The van der Waals surface area contributed by atoms with Crippen LogP contribution in [0.4, 0.5) is 5.82 Å². The lowest BCUT2D eigenvalue weighted by molar-refractivity contribution is -0.144. The number of halogens is 3. The van der Waals surface area contributed by atoms with Crippen LogP contribution in [0.3, 0.4) is 0 Å². The van der Waals surface area contributed by atoms with Gasteiger partial charge in [-0.05, 0) is 56.9 Å². The highest BCUT2D eigenvalue weighted by atomic mass is 35.5. The van der Waals surface area contributed by atoms with Gasteiger partial charge in [0.2, 0.25) is 0 Å². The molecular formula is C28H35Cl3N7O5PS.